The molecule has 2 aromatic heterocycles. The van der Waals surface area contributed by atoms with Gasteiger partial charge in [0.25, 0.3) is 0 Å². The van der Waals surface area contributed by atoms with Crippen LogP contribution in [0.5, 0.6) is 0 Å². The lowest BCUT2D eigenvalue weighted by Gasteiger charge is -2.22. The largest absolute Gasteiger partial charge is 0.357 e. The molecule has 114 valence electrons. The quantitative estimate of drug-likeness (QED) is 0.656. The lowest BCUT2D eigenvalue weighted by atomic mass is 10.4. The molecule has 0 aliphatic heterocycles. The maximum atomic E-state index is 6.02. The number of aromatic nitrogens is 3. The van der Waals surface area contributed by atoms with Gasteiger partial charge in [-0.1, -0.05) is 11.6 Å². The number of hydrogen-bond donors (Lipinski definition) is 2. The van der Waals surface area contributed by atoms with Crippen molar-refractivity contribution in [2.75, 3.05) is 13.6 Å². The number of nitrogens with one attached hydrogen (secondary N) is 2. The second-order valence-corrected chi connectivity index (χ2v) is 5.31. The minimum atomic E-state index is 0.570. The highest BCUT2D eigenvalue weighted by molar-refractivity contribution is 6.30. The van der Waals surface area contributed by atoms with Crippen molar-refractivity contribution in [3.63, 3.8) is 0 Å². The number of rotatable bonds is 5. The first-order chi connectivity index (χ1) is 10.1. The molecule has 2 N–H and O–H groups in total. The first-order valence-corrected chi connectivity index (χ1v) is 7.26. The fourth-order valence-corrected chi connectivity index (χ4v) is 2.32. The molecule has 0 unspecified atom stereocenters. The van der Waals surface area contributed by atoms with E-state index in [1.165, 1.54) is 0 Å². The minimum absolute atomic E-state index is 0.570. The van der Waals surface area contributed by atoms with Gasteiger partial charge in [0, 0.05) is 38.7 Å². The van der Waals surface area contributed by atoms with E-state index in [1.807, 2.05) is 37.0 Å². The molecule has 0 saturated heterocycles. The number of hydrogen-bond acceptors (Lipinski definition) is 2. The molecule has 21 heavy (non-hydrogen) atoms. The highest BCUT2D eigenvalue weighted by Gasteiger charge is 2.09. The van der Waals surface area contributed by atoms with Crippen molar-refractivity contribution in [3.05, 3.63) is 40.9 Å². The van der Waals surface area contributed by atoms with E-state index >= 15 is 0 Å². The Morgan fingerprint density at radius 3 is 2.95 bits per heavy atom. The zero-order valence-corrected chi connectivity index (χ0v) is 13.4. The van der Waals surface area contributed by atoms with Gasteiger partial charge in [-0.25, -0.2) is 4.99 Å². The van der Waals surface area contributed by atoms with Crippen molar-refractivity contribution in [1.82, 2.24) is 25.0 Å². The fourth-order valence-electron chi connectivity index (χ4n) is 2.04. The molecule has 7 heteroatoms. The zero-order chi connectivity index (χ0) is 15.2. The Kier molecular flexibility index (Phi) is 5.27. The molecule has 2 heterocycles. The maximum Gasteiger partial charge on any atom is 0.194 e. The summed E-state index contributed by atoms with van der Waals surface area (Å²) in [5.41, 5.74) is 2.12. The van der Waals surface area contributed by atoms with E-state index in [0.29, 0.717) is 6.54 Å². The van der Waals surface area contributed by atoms with Gasteiger partial charge in [-0.15, -0.1) is 0 Å². The van der Waals surface area contributed by atoms with E-state index in [1.54, 1.807) is 6.20 Å². The Morgan fingerprint density at radius 1 is 1.57 bits per heavy atom. The van der Waals surface area contributed by atoms with Crippen LogP contribution in [0.25, 0.3) is 0 Å². The van der Waals surface area contributed by atoms with E-state index in [9.17, 15) is 0 Å². The standard InChI is InChI=1S/C14H21ClN6/c1-4-16-14(17-8-12-5-6-18-19-12)21(3)10-13-7-11(15)9-20(13)2/h5-7,9H,4,8,10H2,1-3H3,(H,16,17)(H,18,19). The van der Waals surface area contributed by atoms with Crippen molar-refractivity contribution in [2.24, 2.45) is 12.0 Å². The molecular formula is C14H21ClN6. The minimum Gasteiger partial charge on any atom is -0.357 e. The number of nitrogens with zero attached hydrogens (tertiary/aromatic N) is 4. The van der Waals surface area contributed by atoms with Crippen LogP contribution in [0.2, 0.25) is 5.02 Å². The van der Waals surface area contributed by atoms with Crippen LogP contribution in [0.15, 0.2) is 29.5 Å². The average molecular weight is 309 g/mol. The van der Waals surface area contributed by atoms with E-state index in [0.717, 1.165) is 35.5 Å². The molecule has 0 atom stereocenters. The number of H-pyrrole nitrogens is 1. The summed E-state index contributed by atoms with van der Waals surface area (Å²) in [6.45, 7) is 4.18. The van der Waals surface area contributed by atoms with Crippen molar-refractivity contribution in [3.8, 4) is 0 Å². The normalized spacial score (nSPS) is 11.7. The third-order valence-electron chi connectivity index (χ3n) is 3.13. The van der Waals surface area contributed by atoms with Crippen LogP contribution in [0.4, 0.5) is 0 Å². The van der Waals surface area contributed by atoms with E-state index in [4.69, 9.17) is 11.6 Å². The Morgan fingerprint density at radius 2 is 2.38 bits per heavy atom. The predicted octanol–water partition coefficient (Wildman–Crippen LogP) is 2.00. The molecule has 0 bridgehead atoms. The molecule has 0 aromatic carbocycles. The maximum absolute atomic E-state index is 6.02. The smallest absolute Gasteiger partial charge is 0.194 e. The first-order valence-electron chi connectivity index (χ1n) is 6.88. The Balaban J connectivity index is 2.06. The summed E-state index contributed by atoms with van der Waals surface area (Å²) < 4.78 is 2.03. The Labute approximate surface area is 129 Å². The summed E-state index contributed by atoms with van der Waals surface area (Å²) >= 11 is 6.02. The Hall–Kier alpha value is -1.95. The molecule has 6 nitrogen and oxygen atoms in total. The number of halogens is 1. The molecule has 0 saturated carbocycles. The fraction of sp³-hybridized carbons (Fsp3) is 0.429. The highest BCUT2D eigenvalue weighted by Crippen LogP contribution is 2.14. The number of guanidine groups is 1. The molecule has 0 amide bonds. The predicted molar refractivity (Wildman–Crippen MR) is 85.3 cm³/mol. The van der Waals surface area contributed by atoms with Gasteiger partial charge in [0.15, 0.2) is 5.96 Å². The monoisotopic (exact) mass is 308 g/mol. The van der Waals surface area contributed by atoms with Gasteiger partial charge in [-0.05, 0) is 19.1 Å². The van der Waals surface area contributed by atoms with Gasteiger partial charge in [0.1, 0.15) is 0 Å². The third-order valence-corrected chi connectivity index (χ3v) is 3.33. The van der Waals surface area contributed by atoms with Crippen molar-refractivity contribution >= 4 is 17.6 Å². The second kappa shape index (κ2) is 7.17. The highest BCUT2D eigenvalue weighted by atomic mass is 35.5. The molecule has 0 fully saturated rings. The van der Waals surface area contributed by atoms with Crippen LogP contribution < -0.4 is 5.32 Å². The SMILES string of the molecule is CCNC(=NCc1ccn[nH]1)N(C)Cc1cc(Cl)cn1C. The van der Waals surface area contributed by atoms with E-state index in [2.05, 4.69) is 32.3 Å². The Bertz CT molecular complexity index is 587. The van der Waals surface area contributed by atoms with Gasteiger partial charge in [-0.2, -0.15) is 5.10 Å². The van der Waals surface area contributed by atoms with Crippen molar-refractivity contribution < 1.29 is 0 Å². The zero-order valence-electron chi connectivity index (χ0n) is 12.6. The van der Waals surface area contributed by atoms with Gasteiger partial charge in [0.2, 0.25) is 0 Å². The average Bonchev–Trinajstić information content (AvgIpc) is 3.05. The van der Waals surface area contributed by atoms with Gasteiger partial charge in [0.05, 0.1) is 23.8 Å². The third kappa shape index (κ3) is 4.26. The summed E-state index contributed by atoms with van der Waals surface area (Å²) in [6.07, 6.45) is 3.63. The molecule has 0 radical (unpaired) electrons. The van der Waals surface area contributed by atoms with E-state index in [-0.39, 0.29) is 0 Å². The van der Waals surface area contributed by atoms with E-state index < -0.39 is 0 Å². The van der Waals surface area contributed by atoms with Gasteiger partial charge >= 0.3 is 0 Å². The number of aliphatic imine (C=N–C) groups is 1. The number of aryl methyl sites for hydroxylation is 1. The van der Waals surface area contributed by atoms with Gasteiger partial charge in [-0.3, -0.25) is 5.10 Å². The lowest BCUT2D eigenvalue weighted by Crippen LogP contribution is -2.38. The molecule has 0 spiro atoms. The van der Waals surface area contributed by atoms with Crippen LogP contribution in [0.1, 0.15) is 18.3 Å². The summed E-state index contributed by atoms with van der Waals surface area (Å²) in [5, 5.41) is 10.9. The van der Waals surface area contributed by atoms with Crippen LogP contribution in [-0.2, 0) is 20.1 Å². The van der Waals surface area contributed by atoms with Gasteiger partial charge < -0.3 is 14.8 Å². The first kappa shape index (κ1) is 15.4. The summed E-state index contributed by atoms with van der Waals surface area (Å²) in [5.74, 6) is 0.851. The van der Waals surface area contributed by atoms with Crippen LogP contribution in [0.3, 0.4) is 0 Å². The summed E-state index contributed by atoms with van der Waals surface area (Å²) in [4.78, 5) is 6.68. The summed E-state index contributed by atoms with van der Waals surface area (Å²) in [6, 6.07) is 3.89. The molecule has 2 aromatic rings. The number of aromatic amines is 1. The van der Waals surface area contributed by atoms with Crippen LogP contribution in [0, 0.1) is 0 Å². The summed E-state index contributed by atoms with van der Waals surface area (Å²) in [7, 11) is 4.00. The molecular weight excluding hydrogens is 288 g/mol. The molecule has 0 aliphatic carbocycles. The van der Waals surface area contributed by atoms with Crippen LogP contribution >= 0.6 is 11.6 Å². The second-order valence-electron chi connectivity index (χ2n) is 4.87. The molecule has 2 rings (SSSR count). The van der Waals surface area contributed by atoms with Crippen LogP contribution in [-0.4, -0.2) is 39.2 Å². The molecule has 0 aliphatic rings. The van der Waals surface area contributed by atoms with Crippen molar-refractivity contribution in [1.29, 1.82) is 0 Å². The lowest BCUT2D eigenvalue weighted by molar-refractivity contribution is 0.461. The topological polar surface area (TPSA) is 61.2 Å². The van der Waals surface area contributed by atoms with Crippen molar-refractivity contribution in [2.45, 2.75) is 20.0 Å².